The number of unbranched alkanes of at least 4 members (excludes halogenated alkanes) is 2. The van der Waals surface area contributed by atoms with Gasteiger partial charge in [0.2, 0.25) is 0 Å². The van der Waals surface area contributed by atoms with Crippen molar-refractivity contribution in [1.29, 1.82) is 0 Å². The van der Waals surface area contributed by atoms with E-state index in [9.17, 15) is 4.39 Å². The van der Waals surface area contributed by atoms with E-state index in [0.29, 0.717) is 6.54 Å². The first kappa shape index (κ1) is 17.5. The fourth-order valence-corrected chi connectivity index (χ4v) is 2.62. The minimum absolute atomic E-state index is 0.201. The lowest BCUT2D eigenvalue weighted by Gasteiger charge is -2.16. The van der Waals surface area contributed by atoms with E-state index >= 15 is 0 Å². The minimum atomic E-state index is -0.214. The molecule has 124 valence electrons. The highest BCUT2D eigenvalue weighted by molar-refractivity contribution is 5.30. The second-order valence-electron chi connectivity index (χ2n) is 5.89. The molecule has 2 rings (SSSR count). The van der Waals surface area contributed by atoms with Crippen LogP contribution < -0.4 is 10.5 Å². The van der Waals surface area contributed by atoms with Crippen molar-refractivity contribution in [1.82, 2.24) is 0 Å². The van der Waals surface area contributed by atoms with Gasteiger partial charge >= 0.3 is 0 Å². The van der Waals surface area contributed by atoms with Crippen molar-refractivity contribution in [2.45, 2.75) is 38.5 Å². The van der Waals surface area contributed by atoms with Gasteiger partial charge in [-0.3, -0.25) is 0 Å². The number of hydrogen-bond acceptors (Lipinski definition) is 2. The van der Waals surface area contributed by atoms with Gasteiger partial charge in [0.25, 0.3) is 0 Å². The fraction of sp³-hybridized carbons (Fsp3) is 0.400. The SMILES string of the molecule is CCCCCOc1ccc(CC(CN)c2ccc(F)cc2)cc1. The van der Waals surface area contributed by atoms with E-state index in [0.717, 1.165) is 30.8 Å². The van der Waals surface area contributed by atoms with Crippen LogP contribution in [-0.2, 0) is 6.42 Å². The predicted molar refractivity (Wildman–Crippen MR) is 93.4 cm³/mol. The summed E-state index contributed by atoms with van der Waals surface area (Å²) in [7, 11) is 0. The molecule has 1 atom stereocenters. The molecule has 0 aliphatic rings. The van der Waals surface area contributed by atoms with Gasteiger partial charge in [-0.05, 0) is 54.8 Å². The lowest BCUT2D eigenvalue weighted by Crippen LogP contribution is -2.15. The van der Waals surface area contributed by atoms with Crippen LogP contribution >= 0.6 is 0 Å². The topological polar surface area (TPSA) is 35.2 Å². The summed E-state index contributed by atoms with van der Waals surface area (Å²) < 4.78 is 18.8. The highest BCUT2D eigenvalue weighted by Crippen LogP contribution is 2.22. The summed E-state index contributed by atoms with van der Waals surface area (Å²) in [5.74, 6) is 0.900. The summed E-state index contributed by atoms with van der Waals surface area (Å²) >= 11 is 0. The Labute approximate surface area is 138 Å². The smallest absolute Gasteiger partial charge is 0.123 e. The molecule has 3 heteroatoms. The Morgan fingerprint density at radius 2 is 1.70 bits per heavy atom. The molecule has 0 bridgehead atoms. The Hall–Kier alpha value is -1.87. The zero-order chi connectivity index (χ0) is 16.5. The minimum Gasteiger partial charge on any atom is -0.494 e. The molecule has 2 nitrogen and oxygen atoms in total. The quantitative estimate of drug-likeness (QED) is 0.682. The number of benzene rings is 2. The molecule has 0 radical (unpaired) electrons. The molecule has 0 spiro atoms. The van der Waals surface area contributed by atoms with Gasteiger partial charge in [-0.2, -0.15) is 0 Å². The number of ether oxygens (including phenoxy) is 1. The van der Waals surface area contributed by atoms with Crippen LogP contribution in [0.25, 0.3) is 0 Å². The van der Waals surface area contributed by atoms with Crippen LogP contribution in [-0.4, -0.2) is 13.2 Å². The second-order valence-corrected chi connectivity index (χ2v) is 5.89. The monoisotopic (exact) mass is 315 g/mol. The van der Waals surface area contributed by atoms with Crippen molar-refractivity contribution < 1.29 is 9.13 Å². The van der Waals surface area contributed by atoms with E-state index in [1.165, 1.54) is 30.5 Å². The molecule has 0 heterocycles. The van der Waals surface area contributed by atoms with Crippen molar-refractivity contribution in [2.75, 3.05) is 13.2 Å². The molecule has 2 aromatic rings. The third-order valence-electron chi connectivity index (χ3n) is 4.05. The number of rotatable bonds is 9. The molecule has 0 fully saturated rings. The van der Waals surface area contributed by atoms with Crippen molar-refractivity contribution >= 4 is 0 Å². The molecule has 2 N–H and O–H groups in total. The highest BCUT2D eigenvalue weighted by atomic mass is 19.1. The largest absolute Gasteiger partial charge is 0.494 e. The first-order chi connectivity index (χ1) is 11.2. The van der Waals surface area contributed by atoms with Gasteiger partial charge < -0.3 is 10.5 Å². The van der Waals surface area contributed by atoms with E-state index in [4.69, 9.17) is 10.5 Å². The van der Waals surface area contributed by atoms with Crippen LogP contribution in [0.15, 0.2) is 48.5 Å². The molecule has 2 aromatic carbocycles. The van der Waals surface area contributed by atoms with Crippen molar-refractivity contribution in [3.05, 3.63) is 65.5 Å². The first-order valence-corrected chi connectivity index (χ1v) is 8.40. The summed E-state index contributed by atoms with van der Waals surface area (Å²) in [5.41, 5.74) is 8.19. The summed E-state index contributed by atoms with van der Waals surface area (Å²) in [6.45, 7) is 3.50. The Bertz CT molecular complexity index is 565. The molecule has 1 unspecified atom stereocenters. The van der Waals surface area contributed by atoms with Gasteiger partial charge in [-0.15, -0.1) is 0 Å². The van der Waals surface area contributed by atoms with Gasteiger partial charge in [0.15, 0.2) is 0 Å². The molecule has 23 heavy (non-hydrogen) atoms. The standard InChI is InChI=1S/C20H26FNO/c1-2-3-4-13-23-20-11-5-16(6-12-20)14-18(15-22)17-7-9-19(21)10-8-17/h5-12,18H,2-4,13-15,22H2,1H3. The molecule has 0 saturated heterocycles. The number of halogens is 1. The number of hydrogen-bond donors (Lipinski definition) is 1. The van der Waals surface area contributed by atoms with Crippen LogP contribution in [0.4, 0.5) is 4.39 Å². The molecular weight excluding hydrogens is 289 g/mol. The van der Waals surface area contributed by atoms with E-state index in [1.54, 1.807) is 0 Å². The Kier molecular flexibility index (Phi) is 7.08. The fourth-order valence-electron chi connectivity index (χ4n) is 2.62. The molecule has 0 aliphatic heterocycles. The van der Waals surface area contributed by atoms with Crippen LogP contribution in [0.3, 0.4) is 0 Å². The molecular formula is C20H26FNO. The van der Waals surface area contributed by atoms with Gasteiger partial charge in [0.05, 0.1) is 6.61 Å². The average Bonchev–Trinajstić information content (AvgIpc) is 2.59. The van der Waals surface area contributed by atoms with E-state index in [2.05, 4.69) is 19.1 Å². The average molecular weight is 315 g/mol. The maximum absolute atomic E-state index is 13.0. The Morgan fingerprint density at radius 1 is 1.00 bits per heavy atom. The normalized spacial score (nSPS) is 12.1. The maximum atomic E-state index is 13.0. The lowest BCUT2D eigenvalue weighted by molar-refractivity contribution is 0.306. The van der Waals surface area contributed by atoms with E-state index in [1.807, 2.05) is 24.3 Å². The van der Waals surface area contributed by atoms with Gasteiger partial charge in [0, 0.05) is 5.92 Å². The Morgan fingerprint density at radius 3 is 2.30 bits per heavy atom. The van der Waals surface area contributed by atoms with E-state index < -0.39 is 0 Å². The van der Waals surface area contributed by atoms with Gasteiger partial charge in [-0.1, -0.05) is 44.0 Å². The van der Waals surface area contributed by atoms with Crippen LogP contribution in [0, 0.1) is 5.82 Å². The first-order valence-electron chi connectivity index (χ1n) is 8.40. The molecule has 0 aromatic heterocycles. The van der Waals surface area contributed by atoms with Gasteiger partial charge in [0.1, 0.15) is 11.6 Å². The van der Waals surface area contributed by atoms with Crippen molar-refractivity contribution in [3.8, 4) is 5.75 Å². The predicted octanol–water partition coefficient (Wildman–Crippen LogP) is 4.68. The third-order valence-corrected chi connectivity index (χ3v) is 4.05. The summed E-state index contributed by atoms with van der Waals surface area (Å²) in [6, 6.07) is 14.8. The summed E-state index contributed by atoms with van der Waals surface area (Å²) in [6.07, 6.45) is 4.34. The van der Waals surface area contributed by atoms with Crippen LogP contribution in [0.5, 0.6) is 5.75 Å². The van der Waals surface area contributed by atoms with Crippen LogP contribution in [0.2, 0.25) is 0 Å². The third kappa shape index (κ3) is 5.68. The highest BCUT2D eigenvalue weighted by Gasteiger charge is 2.11. The van der Waals surface area contributed by atoms with Crippen LogP contribution in [0.1, 0.15) is 43.2 Å². The van der Waals surface area contributed by atoms with Crippen molar-refractivity contribution in [2.24, 2.45) is 5.73 Å². The van der Waals surface area contributed by atoms with E-state index in [-0.39, 0.29) is 11.7 Å². The van der Waals surface area contributed by atoms with Crippen molar-refractivity contribution in [3.63, 3.8) is 0 Å². The number of nitrogens with two attached hydrogens (primary N) is 1. The van der Waals surface area contributed by atoms with Gasteiger partial charge in [-0.25, -0.2) is 4.39 Å². The molecule has 0 amide bonds. The zero-order valence-corrected chi connectivity index (χ0v) is 13.8. The lowest BCUT2D eigenvalue weighted by atomic mass is 9.92. The Balaban J connectivity index is 1.92. The molecule has 0 saturated carbocycles. The summed E-state index contributed by atoms with van der Waals surface area (Å²) in [5, 5.41) is 0. The second kappa shape index (κ2) is 9.31. The summed E-state index contributed by atoms with van der Waals surface area (Å²) in [4.78, 5) is 0. The maximum Gasteiger partial charge on any atom is 0.123 e. The zero-order valence-electron chi connectivity index (χ0n) is 13.8. The molecule has 0 aliphatic carbocycles.